The highest BCUT2D eigenvalue weighted by molar-refractivity contribution is 5.78. The van der Waals surface area contributed by atoms with Gasteiger partial charge in [0.15, 0.2) is 18.2 Å². The minimum absolute atomic E-state index is 0.00111. The zero-order valence-electron chi connectivity index (χ0n) is 18.2. The summed E-state index contributed by atoms with van der Waals surface area (Å²) in [5, 5.41) is 8.56. The summed E-state index contributed by atoms with van der Waals surface area (Å²) >= 11 is 0. The Kier molecular flexibility index (Phi) is 5.93. The van der Waals surface area contributed by atoms with Crippen LogP contribution in [0.1, 0.15) is 26.3 Å². The fourth-order valence-electron chi connectivity index (χ4n) is 3.52. The fraction of sp³-hybridized carbons (Fsp3) is 0.375. The Morgan fingerprint density at radius 2 is 1.74 bits per heavy atom. The quantitative estimate of drug-likeness (QED) is 0.626. The van der Waals surface area contributed by atoms with E-state index in [1.54, 1.807) is 6.26 Å². The fourth-order valence-corrected chi connectivity index (χ4v) is 3.52. The molecule has 0 spiro atoms. The van der Waals surface area contributed by atoms with Gasteiger partial charge in [-0.1, -0.05) is 32.9 Å². The summed E-state index contributed by atoms with van der Waals surface area (Å²) in [6.07, 6.45) is 1.62. The molecule has 0 radical (unpaired) electrons. The molecule has 31 heavy (non-hydrogen) atoms. The van der Waals surface area contributed by atoms with Crippen molar-refractivity contribution in [3.63, 3.8) is 0 Å². The molecule has 7 nitrogen and oxygen atoms in total. The van der Waals surface area contributed by atoms with Crippen LogP contribution in [0.4, 0.5) is 5.82 Å². The predicted molar refractivity (Wildman–Crippen MR) is 119 cm³/mol. The number of aromatic nitrogens is 2. The Labute approximate surface area is 182 Å². The third kappa shape index (κ3) is 5.05. The molecule has 0 aliphatic carbocycles. The van der Waals surface area contributed by atoms with Gasteiger partial charge in [-0.25, -0.2) is 0 Å². The minimum Gasteiger partial charge on any atom is -0.484 e. The monoisotopic (exact) mass is 420 g/mol. The first kappa shape index (κ1) is 20.9. The first-order valence-electron chi connectivity index (χ1n) is 10.5. The van der Waals surface area contributed by atoms with Crippen LogP contribution in [0.25, 0.3) is 11.5 Å². The molecule has 162 valence electrons. The Morgan fingerprint density at radius 3 is 2.32 bits per heavy atom. The van der Waals surface area contributed by atoms with Crippen molar-refractivity contribution in [3.05, 3.63) is 60.4 Å². The average molecular weight is 421 g/mol. The van der Waals surface area contributed by atoms with Crippen molar-refractivity contribution in [2.45, 2.75) is 26.2 Å². The van der Waals surface area contributed by atoms with Crippen LogP contribution >= 0.6 is 0 Å². The van der Waals surface area contributed by atoms with Crippen LogP contribution in [0.3, 0.4) is 0 Å². The maximum Gasteiger partial charge on any atom is 0.260 e. The Balaban J connectivity index is 1.26. The molecule has 1 aromatic carbocycles. The summed E-state index contributed by atoms with van der Waals surface area (Å²) in [6, 6.07) is 15.5. The van der Waals surface area contributed by atoms with Crippen LogP contribution in [0.15, 0.2) is 59.2 Å². The van der Waals surface area contributed by atoms with E-state index in [0.29, 0.717) is 43.4 Å². The van der Waals surface area contributed by atoms with Gasteiger partial charge in [0.25, 0.3) is 5.91 Å². The van der Waals surface area contributed by atoms with Gasteiger partial charge in [0, 0.05) is 26.2 Å². The topological polar surface area (TPSA) is 71.7 Å². The smallest absolute Gasteiger partial charge is 0.260 e. The van der Waals surface area contributed by atoms with Gasteiger partial charge in [0.05, 0.1) is 6.26 Å². The number of nitrogens with zero attached hydrogens (tertiary/aromatic N) is 4. The molecule has 3 aromatic rings. The van der Waals surface area contributed by atoms with Gasteiger partial charge in [-0.3, -0.25) is 4.79 Å². The molecule has 2 aromatic heterocycles. The molecule has 1 aliphatic rings. The van der Waals surface area contributed by atoms with Gasteiger partial charge in [-0.15, -0.1) is 10.2 Å². The Hall–Kier alpha value is -3.35. The number of carbonyl (C=O) groups is 1. The highest BCUT2D eigenvalue weighted by atomic mass is 16.5. The summed E-state index contributed by atoms with van der Waals surface area (Å²) in [4.78, 5) is 16.5. The molecule has 7 heteroatoms. The third-order valence-corrected chi connectivity index (χ3v) is 5.46. The van der Waals surface area contributed by atoms with Crippen molar-refractivity contribution >= 4 is 11.7 Å². The second kappa shape index (κ2) is 8.79. The maximum atomic E-state index is 12.6. The Morgan fingerprint density at radius 1 is 1.00 bits per heavy atom. The van der Waals surface area contributed by atoms with Crippen LogP contribution in [0.2, 0.25) is 0 Å². The largest absolute Gasteiger partial charge is 0.484 e. The molecule has 3 heterocycles. The van der Waals surface area contributed by atoms with E-state index in [1.165, 1.54) is 5.56 Å². The number of hydrogen-bond donors (Lipinski definition) is 0. The first-order valence-corrected chi connectivity index (χ1v) is 10.5. The van der Waals surface area contributed by atoms with E-state index in [0.717, 1.165) is 5.82 Å². The molecular formula is C24H28N4O3. The van der Waals surface area contributed by atoms with Crippen molar-refractivity contribution in [2.24, 2.45) is 0 Å². The molecule has 1 fully saturated rings. The maximum absolute atomic E-state index is 12.6. The van der Waals surface area contributed by atoms with E-state index in [9.17, 15) is 4.79 Å². The number of piperazine rings is 1. The summed E-state index contributed by atoms with van der Waals surface area (Å²) in [5.74, 6) is 2.21. The van der Waals surface area contributed by atoms with Gasteiger partial charge >= 0.3 is 0 Å². The summed E-state index contributed by atoms with van der Waals surface area (Å²) in [7, 11) is 0. The van der Waals surface area contributed by atoms with Gasteiger partial charge in [-0.05, 0) is 47.4 Å². The second-order valence-electron chi connectivity index (χ2n) is 8.68. The van der Waals surface area contributed by atoms with Crippen molar-refractivity contribution in [1.82, 2.24) is 15.1 Å². The first-order chi connectivity index (χ1) is 14.9. The molecule has 1 amide bonds. The molecule has 4 rings (SSSR count). The second-order valence-corrected chi connectivity index (χ2v) is 8.68. The van der Waals surface area contributed by atoms with E-state index in [-0.39, 0.29) is 17.9 Å². The molecule has 1 saturated heterocycles. The molecule has 0 atom stereocenters. The van der Waals surface area contributed by atoms with Crippen molar-refractivity contribution in [1.29, 1.82) is 0 Å². The van der Waals surface area contributed by atoms with Crippen LogP contribution in [-0.2, 0) is 10.2 Å². The number of hydrogen-bond acceptors (Lipinski definition) is 6. The normalized spacial score (nSPS) is 14.5. The number of rotatable bonds is 5. The summed E-state index contributed by atoms with van der Waals surface area (Å²) in [6.45, 7) is 9.24. The lowest BCUT2D eigenvalue weighted by atomic mass is 9.87. The van der Waals surface area contributed by atoms with Crippen molar-refractivity contribution in [2.75, 3.05) is 37.7 Å². The van der Waals surface area contributed by atoms with E-state index >= 15 is 0 Å². The number of benzene rings is 1. The van der Waals surface area contributed by atoms with E-state index < -0.39 is 0 Å². The van der Waals surface area contributed by atoms with Crippen molar-refractivity contribution in [3.8, 4) is 17.2 Å². The number of ether oxygens (including phenoxy) is 1. The molecule has 0 unspecified atom stereocenters. The number of amides is 1. The molecular weight excluding hydrogens is 392 g/mol. The lowest BCUT2D eigenvalue weighted by Gasteiger charge is -2.35. The molecule has 0 N–H and O–H groups in total. The lowest BCUT2D eigenvalue weighted by molar-refractivity contribution is -0.133. The minimum atomic E-state index is -0.00111. The summed E-state index contributed by atoms with van der Waals surface area (Å²) < 4.78 is 11.1. The SMILES string of the molecule is CC(C)(C)c1ccc(OCC(=O)N2CCN(c3ccc(-c4ccco4)nn3)CC2)cc1. The summed E-state index contributed by atoms with van der Waals surface area (Å²) in [5.41, 5.74) is 2.04. The van der Waals surface area contributed by atoms with E-state index in [2.05, 4.69) is 48.0 Å². The zero-order chi connectivity index (χ0) is 21.8. The van der Waals surface area contributed by atoms with Gasteiger partial charge < -0.3 is 19.0 Å². The molecule has 0 saturated carbocycles. The third-order valence-electron chi connectivity index (χ3n) is 5.46. The highest BCUT2D eigenvalue weighted by Gasteiger charge is 2.22. The number of furan rings is 1. The van der Waals surface area contributed by atoms with Gasteiger partial charge in [-0.2, -0.15) is 0 Å². The van der Waals surface area contributed by atoms with Crippen LogP contribution in [-0.4, -0.2) is 53.8 Å². The van der Waals surface area contributed by atoms with Gasteiger partial charge in [0.2, 0.25) is 0 Å². The zero-order valence-corrected chi connectivity index (χ0v) is 18.2. The van der Waals surface area contributed by atoms with Gasteiger partial charge in [0.1, 0.15) is 11.4 Å². The molecule has 0 bridgehead atoms. The standard InChI is InChI=1S/C24H28N4O3/c1-24(2,3)18-6-8-19(9-7-18)31-17-23(29)28-14-12-27(13-15-28)22-11-10-20(25-26-22)21-5-4-16-30-21/h4-11,16H,12-15,17H2,1-3H3. The van der Waals surface area contributed by atoms with E-state index in [4.69, 9.17) is 9.15 Å². The van der Waals surface area contributed by atoms with E-state index in [1.807, 2.05) is 41.3 Å². The van der Waals surface area contributed by atoms with Crippen LogP contribution < -0.4 is 9.64 Å². The lowest BCUT2D eigenvalue weighted by Crippen LogP contribution is -2.50. The Bertz CT molecular complexity index is 985. The van der Waals surface area contributed by atoms with Crippen molar-refractivity contribution < 1.29 is 13.9 Å². The number of carbonyl (C=O) groups excluding carboxylic acids is 1. The predicted octanol–water partition coefficient (Wildman–Crippen LogP) is 3.76. The average Bonchev–Trinajstić information content (AvgIpc) is 3.32. The molecule has 1 aliphatic heterocycles. The van der Waals surface area contributed by atoms with Crippen LogP contribution in [0.5, 0.6) is 5.75 Å². The van der Waals surface area contributed by atoms with Crippen LogP contribution in [0, 0.1) is 0 Å². The highest BCUT2D eigenvalue weighted by Crippen LogP contribution is 2.24. The number of anilines is 1.